The van der Waals surface area contributed by atoms with E-state index in [1.807, 2.05) is 24.3 Å². The monoisotopic (exact) mass is 470 g/mol. The topological polar surface area (TPSA) is 36.9 Å². The van der Waals surface area contributed by atoms with Crippen LogP contribution in [-0.2, 0) is 0 Å². The van der Waals surface area contributed by atoms with E-state index in [0.29, 0.717) is 26.4 Å². The van der Waals surface area contributed by atoms with Gasteiger partial charge in [-0.1, -0.05) is 72.3 Å². The van der Waals surface area contributed by atoms with E-state index < -0.39 is 0 Å². The van der Waals surface area contributed by atoms with Crippen molar-refractivity contribution in [3.05, 3.63) is 36.4 Å². The minimum absolute atomic E-state index is 0.698. The lowest BCUT2D eigenvalue weighted by Crippen LogP contribution is -2.04. The van der Waals surface area contributed by atoms with Gasteiger partial charge in [-0.3, -0.25) is 0 Å². The quantitative estimate of drug-likeness (QED) is 0.192. The summed E-state index contributed by atoms with van der Waals surface area (Å²) in [6, 6.07) is 12.3. The first-order valence-electron chi connectivity index (χ1n) is 13.5. The molecule has 34 heavy (non-hydrogen) atoms. The van der Waals surface area contributed by atoms with E-state index in [1.54, 1.807) is 0 Å². The average molecular weight is 471 g/mol. The summed E-state index contributed by atoms with van der Waals surface area (Å²) in [7, 11) is 0. The maximum absolute atomic E-state index is 6.28. The molecule has 0 bridgehead atoms. The van der Waals surface area contributed by atoms with E-state index in [1.165, 1.54) is 25.7 Å². The van der Waals surface area contributed by atoms with Crippen molar-refractivity contribution in [3.8, 4) is 34.1 Å². The molecule has 2 aromatic carbocycles. The van der Waals surface area contributed by atoms with E-state index in [0.717, 1.165) is 72.6 Å². The van der Waals surface area contributed by atoms with Crippen LogP contribution in [0.15, 0.2) is 36.4 Å². The maximum atomic E-state index is 6.28. The van der Waals surface area contributed by atoms with Crippen LogP contribution in [-0.4, -0.2) is 26.4 Å². The Bertz CT molecular complexity index is 744. The van der Waals surface area contributed by atoms with E-state index in [-0.39, 0.29) is 0 Å². The van der Waals surface area contributed by atoms with Gasteiger partial charge in [-0.05, 0) is 55.5 Å². The lowest BCUT2D eigenvalue weighted by molar-refractivity contribution is 0.292. The highest BCUT2D eigenvalue weighted by molar-refractivity contribution is 5.78. The molecule has 0 heterocycles. The molecule has 0 N–H and O–H groups in total. The Hall–Kier alpha value is -2.36. The van der Waals surface area contributed by atoms with E-state index in [2.05, 4.69) is 39.8 Å². The van der Waals surface area contributed by atoms with Gasteiger partial charge in [-0.15, -0.1) is 0 Å². The second kappa shape index (κ2) is 17.1. The summed E-state index contributed by atoms with van der Waals surface area (Å²) < 4.78 is 24.8. The molecule has 0 unspecified atom stereocenters. The van der Waals surface area contributed by atoms with Gasteiger partial charge in [-0.25, -0.2) is 0 Å². The van der Waals surface area contributed by atoms with Crippen molar-refractivity contribution >= 4 is 0 Å². The van der Waals surface area contributed by atoms with Crippen LogP contribution in [0.4, 0.5) is 0 Å². The van der Waals surface area contributed by atoms with Crippen molar-refractivity contribution in [2.75, 3.05) is 26.4 Å². The molecule has 0 aliphatic carbocycles. The van der Waals surface area contributed by atoms with Crippen LogP contribution in [0.3, 0.4) is 0 Å². The Morgan fingerprint density at radius 2 is 0.941 bits per heavy atom. The third-order valence-corrected chi connectivity index (χ3v) is 5.70. The summed E-state index contributed by atoms with van der Waals surface area (Å²) in [5, 5.41) is 0. The molecule has 0 fully saturated rings. The van der Waals surface area contributed by atoms with Crippen LogP contribution < -0.4 is 18.9 Å². The zero-order valence-corrected chi connectivity index (χ0v) is 22.0. The molecule has 0 atom stereocenters. The van der Waals surface area contributed by atoms with Gasteiger partial charge in [0.05, 0.1) is 32.0 Å². The minimum Gasteiger partial charge on any atom is -0.493 e. The number of benzene rings is 2. The Labute approximate surface area is 208 Å². The second-order valence-corrected chi connectivity index (χ2v) is 8.84. The van der Waals surface area contributed by atoms with Crippen molar-refractivity contribution in [1.82, 2.24) is 0 Å². The lowest BCUT2D eigenvalue weighted by atomic mass is 10.0. The van der Waals surface area contributed by atoms with Crippen LogP contribution in [0.25, 0.3) is 11.1 Å². The maximum Gasteiger partial charge on any atom is 0.130 e. The molecule has 0 aliphatic heterocycles. The fourth-order valence-electron chi connectivity index (χ4n) is 3.66. The standard InChI is InChI=1S/C30H46O4/c1-5-9-13-20-33-28-16-15-17-29(34-21-14-10-6-2)30(28)25-22-26(31-18-11-7-3)24-27(23-25)32-19-12-8-4/h15-17,22-24H,5-14,18-21H2,1-4H3. The third-order valence-electron chi connectivity index (χ3n) is 5.70. The number of hydrogen-bond donors (Lipinski definition) is 0. The van der Waals surface area contributed by atoms with Gasteiger partial charge in [0.25, 0.3) is 0 Å². The summed E-state index contributed by atoms with van der Waals surface area (Å²) >= 11 is 0. The average Bonchev–Trinajstić information content (AvgIpc) is 2.85. The molecule has 0 saturated heterocycles. The Morgan fingerprint density at radius 1 is 0.500 bits per heavy atom. The SMILES string of the molecule is CCCCCOc1cccc(OCCCCC)c1-c1cc(OCCCC)cc(OCCCC)c1. The first-order chi connectivity index (χ1) is 16.7. The predicted octanol–water partition coefficient (Wildman–Crippen LogP) is 8.85. The fourth-order valence-corrected chi connectivity index (χ4v) is 3.66. The number of hydrogen-bond acceptors (Lipinski definition) is 4. The highest BCUT2D eigenvalue weighted by Crippen LogP contribution is 2.42. The Kier molecular flexibility index (Phi) is 14.0. The molecule has 190 valence electrons. The van der Waals surface area contributed by atoms with E-state index >= 15 is 0 Å². The molecule has 0 saturated carbocycles. The van der Waals surface area contributed by atoms with Crippen LogP contribution in [0.2, 0.25) is 0 Å². The van der Waals surface area contributed by atoms with Crippen molar-refractivity contribution in [3.63, 3.8) is 0 Å². The zero-order chi connectivity index (χ0) is 24.4. The summed E-state index contributed by atoms with van der Waals surface area (Å²) in [4.78, 5) is 0. The zero-order valence-electron chi connectivity index (χ0n) is 22.0. The molecule has 0 spiro atoms. The molecule has 2 aromatic rings. The third kappa shape index (κ3) is 9.87. The van der Waals surface area contributed by atoms with Crippen LogP contribution in [0.5, 0.6) is 23.0 Å². The normalized spacial score (nSPS) is 10.8. The molecule has 0 amide bonds. The van der Waals surface area contributed by atoms with Crippen molar-refractivity contribution in [2.45, 2.75) is 91.9 Å². The highest BCUT2D eigenvalue weighted by atomic mass is 16.5. The van der Waals surface area contributed by atoms with Crippen LogP contribution in [0, 0.1) is 0 Å². The van der Waals surface area contributed by atoms with Gasteiger partial charge >= 0.3 is 0 Å². The summed E-state index contributed by atoms with van der Waals surface area (Å²) in [6.45, 7) is 11.6. The summed E-state index contributed by atoms with van der Waals surface area (Å²) in [5.41, 5.74) is 1.99. The van der Waals surface area contributed by atoms with Gasteiger partial charge in [0, 0.05) is 6.07 Å². The summed E-state index contributed by atoms with van der Waals surface area (Å²) in [5.74, 6) is 3.37. The number of unbranched alkanes of at least 4 members (excludes halogenated alkanes) is 6. The van der Waals surface area contributed by atoms with Crippen LogP contribution >= 0.6 is 0 Å². The largest absolute Gasteiger partial charge is 0.493 e. The first kappa shape index (κ1) is 27.9. The molecule has 4 nitrogen and oxygen atoms in total. The highest BCUT2D eigenvalue weighted by Gasteiger charge is 2.16. The molecule has 0 radical (unpaired) electrons. The predicted molar refractivity (Wildman–Crippen MR) is 143 cm³/mol. The van der Waals surface area contributed by atoms with Gasteiger partial charge < -0.3 is 18.9 Å². The molecular weight excluding hydrogens is 424 g/mol. The second-order valence-electron chi connectivity index (χ2n) is 8.84. The van der Waals surface area contributed by atoms with Crippen molar-refractivity contribution in [1.29, 1.82) is 0 Å². The van der Waals surface area contributed by atoms with E-state index in [4.69, 9.17) is 18.9 Å². The lowest BCUT2D eigenvalue weighted by Gasteiger charge is -2.18. The minimum atomic E-state index is 0.698. The van der Waals surface area contributed by atoms with Crippen molar-refractivity contribution < 1.29 is 18.9 Å². The number of rotatable bonds is 19. The van der Waals surface area contributed by atoms with Gasteiger partial charge in [0.15, 0.2) is 0 Å². The molecule has 2 rings (SSSR count). The van der Waals surface area contributed by atoms with Crippen molar-refractivity contribution in [2.24, 2.45) is 0 Å². The molecule has 0 aliphatic rings. The van der Waals surface area contributed by atoms with Gasteiger partial charge in [-0.2, -0.15) is 0 Å². The molecular formula is C30H46O4. The number of ether oxygens (including phenoxy) is 4. The van der Waals surface area contributed by atoms with Gasteiger partial charge in [0.2, 0.25) is 0 Å². The first-order valence-corrected chi connectivity index (χ1v) is 13.5. The molecule has 0 aromatic heterocycles. The fraction of sp³-hybridized carbons (Fsp3) is 0.600. The van der Waals surface area contributed by atoms with E-state index in [9.17, 15) is 0 Å². The Balaban J connectivity index is 2.40. The van der Waals surface area contributed by atoms with Crippen LogP contribution in [0.1, 0.15) is 91.9 Å². The summed E-state index contributed by atoms with van der Waals surface area (Å²) in [6.07, 6.45) is 11.0. The smallest absolute Gasteiger partial charge is 0.130 e. The molecule has 4 heteroatoms. The Morgan fingerprint density at radius 3 is 1.38 bits per heavy atom. The van der Waals surface area contributed by atoms with Gasteiger partial charge in [0.1, 0.15) is 23.0 Å².